The number of carbonyl (C=O) groups excluding carboxylic acids is 1. The molecule has 1 amide bonds. The van der Waals surface area contributed by atoms with Crippen LogP contribution in [0.3, 0.4) is 0 Å². The van der Waals surface area contributed by atoms with E-state index in [-0.39, 0.29) is 10.8 Å². The number of benzene rings is 2. The average Bonchev–Trinajstić information content (AvgIpc) is 3.39. The molecule has 0 saturated heterocycles. The molecule has 0 atom stereocenters. The van der Waals surface area contributed by atoms with Crippen molar-refractivity contribution in [1.82, 2.24) is 9.97 Å². The number of rotatable bonds is 3. The molecule has 0 aliphatic rings. The Hall–Kier alpha value is -3.65. The maximum Gasteiger partial charge on any atom is 0.450 e. The Labute approximate surface area is 183 Å². The predicted molar refractivity (Wildman–Crippen MR) is 113 cm³/mol. The van der Waals surface area contributed by atoms with Crippen LogP contribution in [0, 0.1) is 11.8 Å². The number of amides is 1. The Bertz CT molecular complexity index is 1330. The van der Waals surface area contributed by atoms with Crippen molar-refractivity contribution >= 4 is 33.8 Å². The third-order valence-corrected chi connectivity index (χ3v) is 5.44. The van der Waals surface area contributed by atoms with Crippen molar-refractivity contribution in [2.75, 3.05) is 5.32 Å². The third kappa shape index (κ3) is 4.36. The number of aliphatic hydroxyl groups is 2. The number of fused-ring (bicyclic) bond motifs is 1. The van der Waals surface area contributed by atoms with Crippen LogP contribution in [-0.4, -0.2) is 32.3 Å². The molecule has 32 heavy (non-hydrogen) atoms. The molecule has 6 nitrogen and oxygen atoms in total. The smallest absolute Gasteiger partial charge is 0.353 e. The van der Waals surface area contributed by atoms with Gasteiger partial charge in [0.05, 0.1) is 11.1 Å². The molecule has 2 aromatic heterocycles. The molecule has 0 radical (unpaired) electrons. The van der Waals surface area contributed by atoms with Gasteiger partial charge in [-0.2, -0.15) is 13.2 Å². The second-order valence-corrected chi connectivity index (χ2v) is 7.79. The first-order valence-electron chi connectivity index (χ1n) is 9.12. The van der Waals surface area contributed by atoms with Crippen LogP contribution < -0.4 is 5.32 Å². The van der Waals surface area contributed by atoms with E-state index in [9.17, 15) is 28.2 Å². The van der Waals surface area contributed by atoms with Crippen LogP contribution in [-0.2, 0) is 5.79 Å². The van der Waals surface area contributed by atoms with Crippen molar-refractivity contribution in [1.29, 1.82) is 0 Å². The molecular formula is C22H14F3N3O3S. The van der Waals surface area contributed by atoms with E-state index in [4.69, 9.17) is 0 Å². The number of carbonyl (C=O) groups is 1. The minimum atomic E-state index is -5.28. The van der Waals surface area contributed by atoms with E-state index in [1.807, 2.05) is 24.3 Å². The number of anilines is 1. The van der Waals surface area contributed by atoms with Gasteiger partial charge in [-0.3, -0.25) is 4.79 Å². The van der Waals surface area contributed by atoms with Gasteiger partial charge in [0, 0.05) is 22.2 Å². The number of aromatic amines is 1. The van der Waals surface area contributed by atoms with Gasteiger partial charge in [-0.05, 0) is 36.3 Å². The van der Waals surface area contributed by atoms with Gasteiger partial charge in [0.1, 0.15) is 5.69 Å². The Kier molecular flexibility index (Phi) is 5.48. The first-order chi connectivity index (χ1) is 15.1. The number of H-pyrrole nitrogens is 1. The van der Waals surface area contributed by atoms with Crippen LogP contribution >= 0.6 is 11.3 Å². The molecule has 4 aromatic rings. The summed E-state index contributed by atoms with van der Waals surface area (Å²) < 4.78 is 38.1. The van der Waals surface area contributed by atoms with E-state index in [1.54, 1.807) is 30.3 Å². The Morgan fingerprint density at radius 1 is 1.06 bits per heavy atom. The van der Waals surface area contributed by atoms with Crippen LogP contribution in [0.1, 0.15) is 25.9 Å². The van der Waals surface area contributed by atoms with E-state index in [0.29, 0.717) is 28.3 Å². The van der Waals surface area contributed by atoms with Crippen molar-refractivity contribution in [2.24, 2.45) is 0 Å². The first-order valence-corrected chi connectivity index (χ1v) is 9.94. The maximum atomic E-state index is 12.7. The number of nitrogens with zero attached hydrogens (tertiary/aromatic N) is 1. The number of thiazole rings is 1. The third-order valence-electron chi connectivity index (χ3n) is 4.42. The van der Waals surface area contributed by atoms with Gasteiger partial charge in [-0.25, -0.2) is 4.98 Å². The normalized spacial score (nSPS) is 11.8. The van der Waals surface area contributed by atoms with Gasteiger partial charge in [-0.15, -0.1) is 11.3 Å². The standard InChI is InChI=1S/C22H14F3N3O3S/c23-22(24,25)21(30,31)20-26-12-16(32-20)9-8-13-4-3-6-15(10-13)27-19(29)18-11-14-5-1-2-7-17(14)28-18/h1-7,10-12,28,30-31H,(H,27,29). The summed E-state index contributed by atoms with van der Waals surface area (Å²) in [6, 6.07) is 15.8. The highest BCUT2D eigenvalue weighted by molar-refractivity contribution is 7.12. The quantitative estimate of drug-likeness (QED) is 0.276. The van der Waals surface area contributed by atoms with Crippen molar-refractivity contribution in [2.45, 2.75) is 12.0 Å². The fourth-order valence-corrected chi connectivity index (χ4v) is 3.60. The minimum Gasteiger partial charge on any atom is -0.353 e. The van der Waals surface area contributed by atoms with Crippen molar-refractivity contribution in [3.05, 3.63) is 81.9 Å². The van der Waals surface area contributed by atoms with Gasteiger partial charge in [-0.1, -0.05) is 30.2 Å². The lowest BCUT2D eigenvalue weighted by Crippen LogP contribution is -2.41. The zero-order valence-electron chi connectivity index (χ0n) is 16.1. The highest BCUT2D eigenvalue weighted by Gasteiger charge is 2.56. The van der Waals surface area contributed by atoms with Crippen molar-refractivity contribution < 1.29 is 28.2 Å². The van der Waals surface area contributed by atoms with Crippen LogP contribution in [0.25, 0.3) is 10.9 Å². The zero-order chi connectivity index (χ0) is 22.9. The molecule has 0 spiro atoms. The zero-order valence-corrected chi connectivity index (χ0v) is 16.9. The molecule has 10 heteroatoms. The lowest BCUT2D eigenvalue weighted by molar-refractivity contribution is -0.358. The van der Waals surface area contributed by atoms with Crippen molar-refractivity contribution in [3.8, 4) is 11.8 Å². The molecule has 0 fully saturated rings. The first kappa shape index (κ1) is 21.6. The van der Waals surface area contributed by atoms with Gasteiger partial charge in [0.2, 0.25) is 0 Å². The summed E-state index contributed by atoms with van der Waals surface area (Å²) in [6.45, 7) is 0. The summed E-state index contributed by atoms with van der Waals surface area (Å²) in [5.74, 6) is 1.01. The number of hydrogen-bond donors (Lipinski definition) is 4. The highest BCUT2D eigenvalue weighted by atomic mass is 32.1. The van der Waals surface area contributed by atoms with Crippen LogP contribution in [0.15, 0.2) is 60.8 Å². The van der Waals surface area contributed by atoms with Gasteiger partial charge in [0.25, 0.3) is 5.91 Å². The molecule has 0 aliphatic heterocycles. The van der Waals surface area contributed by atoms with Crippen LogP contribution in [0.2, 0.25) is 0 Å². The summed E-state index contributed by atoms with van der Waals surface area (Å²) in [4.78, 5) is 19.1. The Morgan fingerprint density at radius 2 is 1.84 bits per heavy atom. The lowest BCUT2D eigenvalue weighted by Gasteiger charge is -2.21. The van der Waals surface area contributed by atoms with Gasteiger partial charge < -0.3 is 20.5 Å². The topological polar surface area (TPSA) is 98.2 Å². The number of para-hydroxylation sites is 1. The summed E-state index contributed by atoms with van der Waals surface area (Å²) in [5, 5.41) is 21.3. The lowest BCUT2D eigenvalue weighted by atomic mass is 10.2. The predicted octanol–water partition coefficient (Wildman–Crippen LogP) is 3.98. The molecule has 0 aliphatic carbocycles. The summed E-state index contributed by atoms with van der Waals surface area (Å²) in [7, 11) is 0. The number of nitrogens with one attached hydrogen (secondary N) is 2. The molecule has 0 unspecified atom stereocenters. The van der Waals surface area contributed by atoms with Gasteiger partial charge in [0.15, 0.2) is 5.01 Å². The number of aromatic nitrogens is 2. The van der Waals surface area contributed by atoms with E-state index < -0.39 is 17.0 Å². The largest absolute Gasteiger partial charge is 0.450 e. The summed E-state index contributed by atoms with van der Waals surface area (Å²) in [5.41, 5.74) is 2.19. The number of hydrogen-bond acceptors (Lipinski definition) is 5. The Morgan fingerprint density at radius 3 is 2.59 bits per heavy atom. The molecule has 0 saturated carbocycles. The van der Waals surface area contributed by atoms with Crippen LogP contribution in [0.4, 0.5) is 18.9 Å². The van der Waals surface area contributed by atoms with Crippen LogP contribution in [0.5, 0.6) is 0 Å². The SMILES string of the molecule is O=C(Nc1cccc(C#Cc2cnc(C(O)(O)C(F)(F)F)s2)c1)c1cc2ccccc2[nH]1. The fourth-order valence-electron chi connectivity index (χ4n) is 2.82. The molecule has 2 heterocycles. The molecule has 0 bridgehead atoms. The van der Waals surface area contributed by atoms with E-state index in [0.717, 1.165) is 17.1 Å². The second kappa shape index (κ2) is 8.12. The van der Waals surface area contributed by atoms with E-state index in [1.165, 1.54) is 0 Å². The molecule has 4 rings (SSSR count). The maximum absolute atomic E-state index is 12.7. The van der Waals surface area contributed by atoms with E-state index in [2.05, 4.69) is 27.1 Å². The van der Waals surface area contributed by atoms with E-state index >= 15 is 0 Å². The Balaban J connectivity index is 1.50. The summed E-state index contributed by atoms with van der Waals surface area (Å²) in [6.07, 6.45) is -4.26. The van der Waals surface area contributed by atoms with Gasteiger partial charge >= 0.3 is 12.0 Å². The fraction of sp³-hybridized carbons (Fsp3) is 0.0909. The second-order valence-electron chi connectivity index (χ2n) is 6.75. The monoisotopic (exact) mass is 457 g/mol. The number of alkyl halides is 3. The average molecular weight is 457 g/mol. The molecular weight excluding hydrogens is 443 g/mol. The number of halogens is 3. The highest BCUT2D eigenvalue weighted by Crippen LogP contribution is 2.38. The van der Waals surface area contributed by atoms with Crippen molar-refractivity contribution in [3.63, 3.8) is 0 Å². The molecule has 162 valence electrons. The molecule has 2 aromatic carbocycles. The molecule has 4 N–H and O–H groups in total. The minimum absolute atomic E-state index is 0.115. The summed E-state index contributed by atoms with van der Waals surface area (Å²) >= 11 is 0.421.